The Hall–Kier alpha value is -3.09. The zero-order valence-electron chi connectivity index (χ0n) is 14.9. The molecule has 1 N–H and O–H groups in total. The number of hydrogen-bond donors (Lipinski definition) is 1. The van der Waals surface area contributed by atoms with Gasteiger partial charge in [0, 0.05) is 37.8 Å². The zero-order chi connectivity index (χ0) is 18.6. The van der Waals surface area contributed by atoms with Gasteiger partial charge in [0.25, 0.3) is 0 Å². The predicted molar refractivity (Wildman–Crippen MR) is 97.1 cm³/mol. The molecule has 0 aliphatic carbocycles. The van der Waals surface area contributed by atoms with Gasteiger partial charge in [-0.15, -0.1) is 0 Å². The van der Waals surface area contributed by atoms with Gasteiger partial charge >= 0.3 is 0 Å². The van der Waals surface area contributed by atoms with Gasteiger partial charge in [0.15, 0.2) is 11.5 Å². The maximum absolute atomic E-state index is 12.6. The Balaban J connectivity index is 1.36. The predicted octanol–water partition coefficient (Wildman–Crippen LogP) is 1.66. The second kappa shape index (κ2) is 7.65. The highest BCUT2D eigenvalue weighted by molar-refractivity contribution is 5.90. The number of fused-ring (bicyclic) bond motifs is 1. The lowest BCUT2D eigenvalue weighted by Gasteiger charge is -2.24. The molecule has 0 spiro atoms. The number of aromatic nitrogens is 1. The Bertz CT molecular complexity index is 840. The molecule has 1 unspecified atom stereocenters. The first-order chi connectivity index (χ1) is 13.2. The van der Waals surface area contributed by atoms with Crippen molar-refractivity contribution in [3.8, 4) is 11.5 Å². The van der Waals surface area contributed by atoms with E-state index >= 15 is 0 Å². The number of ether oxygens (including phenoxy) is 2. The van der Waals surface area contributed by atoms with E-state index in [0.717, 1.165) is 11.3 Å². The average Bonchev–Trinajstić information content (AvgIpc) is 3.29. The fourth-order valence-electron chi connectivity index (χ4n) is 3.42. The average molecular weight is 367 g/mol. The van der Waals surface area contributed by atoms with Gasteiger partial charge in [-0.1, -0.05) is 12.1 Å². The van der Waals surface area contributed by atoms with Crippen LogP contribution in [0.5, 0.6) is 11.5 Å². The molecule has 0 radical (unpaired) electrons. The first-order valence-corrected chi connectivity index (χ1v) is 9.06. The number of nitrogens with one attached hydrogen (secondary N) is 1. The Morgan fingerprint density at radius 2 is 2.11 bits per heavy atom. The Morgan fingerprint density at radius 1 is 1.22 bits per heavy atom. The highest BCUT2D eigenvalue weighted by atomic mass is 16.7. The summed E-state index contributed by atoms with van der Waals surface area (Å²) < 4.78 is 10.7. The highest BCUT2D eigenvalue weighted by Crippen LogP contribution is 2.33. The third kappa shape index (κ3) is 3.86. The number of nitrogens with zero attached hydrogens (tertiary/aromatic N) is 2. The molecule has 27 heavy (non-hydrogen) atoms. The van der Waals surface area contributed by atoms with Gasteiger partial charge in [-0.05, 0) is 36.2 Å². The van der Waals surface area contributed by atoms with E-state index in [9.17, 15) is 9.59 Å². The lowest BCUT2D eigenvalue weighted by molar-refractivity contribution is -0.135. The number of amides is 2. The SMILES string of the molecule is O=C(NCCc1ccccn1)C1CCC(=O)N1Cc1ccc2c(c1)OCO2. The van der Waals surface area contributed by atoms with Crippen LogP contribution in [-0.4, -0.2) is 41.1 Å². The molecule has 140 valence electrons. The fraction of sp³-hybridized carbons (Fsp3) is 0.350. The molecule has 2 aromatic rings. The summed E-state index contributed by atoms with van der Waals surface area (Å²) in [7, 11) is 0. The van der Waals surface area contributed by atoms with E-state index in [4.69, 9.17) is 9.47 Å². The summed E-state index contributed by atoms with van der Waals surface area (Å²) >= 11 is 0. The number of benzene rings is 1. The summed E-state index contributed by atoms with van der Waals surface area (Å²) in [5, 5.41) is 2.93. The standard InChI is InChI=1S/C20H21N3O4/c24-19-7-5-16(20(25)22-10-8-15-3-1-2-9-21-15)23(19)12-14-4-6-17-18(11-14)27-13-26-17/h1-4,6,9,11,16H,5,7-8,10,12-13H2,(H,22,25). The van der Waals surface area contributed by atoms with Crippen LogP contribution in [0.4, 0.5) is 0 Å². The first kappa shape index (κ1) is 17.3. The van der Waals surface area contributed by atoms with Gasteiger partial charge in [-0.25, -0.2) is 0 Å². The summed E-state index contributed by atoms with van der Waals surface area (Å²) in [5.41, 5.74) is 1.85. The molecule has 7 heteroatoms. The molecular formula is C20H21N3O4. The summed E-state index contributed by atoms with van der Waals surface area (Å²) in [4.78, 5) is 30.8. The lowest BCUT2D eigenvalue weighted by atomic mass is 10.1. The van der Waals surface area contributed by atoms with Gasteiger partial charge in [-0.2, -0.15) is 0 Å². The van der Waals surface area contributed by atoms with E-state index in [1.165, 1.54) is 0 Å². The van der Waals surface area contributed by atoms with Gasteiger partial charge in [0.1, 0.15) is 6.04 Å². The number of carbonyl (C=O) groups is 2. The molecule has 1 aromatic carbocycles. The maximum Gasteiger partial charge on any atom is 0.242 e. The van der Waals surface area contributed by atoms with Gasteiger partial charge in [0.05, 0.1) is 0 Å². The minimum absolute atomic E-state index is 0.00228. The van der Waals surface area contributed by atoms with Gasteiger partial charge < -0.3 is 19.7 Å². The second-order valence-corrected chi connectivity index (χ2v) is 6.63. The molecule has 1 atom stereocenters. The molecule has 1 fully saturated rings. The molecular weight excluding hydrogens is 346 g/mol. The van der Waals surface area contributed by atoms with Crippen LogP contribution in [0.3, 0.4) is 0 Å². The summed E-state index contributed by atoms with van der Waals surface area (Å²) in [5.74, 6) is 1.26. The molecule has 2 aliphatic heterocycles. The lowest BCUT2D eigenvalue weighted by Crippen LogP contribution is -2.44. The largest absolute Gasteiger partial charge is 0.454 e. The molecule has 0 saturated carbocycles. The van der Waals surface area contributed by atoms with Crippen LogP contribution in [0.2, 0.25) is 0 Å². The Morgan fingerprint density at radius 3 is 2.96 bits per heavy atom. The molecule has 4 rings (SSSR count). The highest BCUT2D eigenvalue weighted by Gasteiger charge is 2.35. The number of pyridine rings is 1. The molecule has 1 aromatic heterocycles. The maximum atomic E-state index is 12.6. The molecule has 2 aliphatic rings. The Labute approximate surface area is 157 Å². The van der Waals surface area contributed by atoms with E-state index < -0.39 is 6.04 Å². The van der Waals surface area contributed by atoms with Crippen molar-refractivity contribution in [3.63, 3.8) is 0 Å². The van der Waals surface area contributed by atoms with E-state index in [-0.39, 0.29) is 18.6 Å². The van der Waals surface area contributed by atoms with E-state index in [2.05, 4.69) is 10.3 Å². The van der Waals surface area contributed by atoms with E-state index in [1.807, 2.05) is 36.4 Å². The monoisotopic (exact) mass is 367 g/mol. The van der Waals surface area contributed by atoms with Crippen molar-refractivity contribution in [1.29, 1.82) is 0 Å². The fourth-order valence-corrected chi connectivity index (χ4v) is 3.42. The Kier molecular flexibility index (Phi) is 4.91. The van der Waals surface area contributed by atoms with Crippen molar-refractivity contribution in [2.75, 3.05) is 13.3 Å². The van der Waals surface area contributed by atoms with Crippen molar-refractivity contribution in [3.05, 3.63) is 53.9 Å². The molecule has 1 saturated heterocycles. The van der Waals surface area contributed by atoms with Crippen LogP contribution in [0.25, 0.3) is 0 Å². The van der Waals surface area contributed by atoms with Gasteiger partial charge in [0.2, 0.25) is 18.6 Å². The van der Waals surface area contributed by atoms with Crippen molar-refractivity contribution in [2.45, 2.75) is 31.8 Å². The number of rotatable bonds is 6. The van der Waals surface area contributed by atoms with Crippen LogP contribution in [0.1, 0.15) is 24.1 Å². The summed E-state index contributed by atoms with van der Waals surface area (Å²) in [6.07, 6.45) is 3.33. The topological polar surface area (TPSA) is 80.8 Å². The number of carbonyl (C=O) groups excluding carboxylic acids is 2. The minimum Gasteiger partial charge on any atom is -0.454 e. The van der Waals surface area contributed by atoms with E-state index in [1.54, 1.807) is 11.1 Å². The smallest absolute Gasteiger partial charge is 0.242 e. The minimum atomic E-state index is -0.438. The molecule has 0 bridgehead atoms. The van der Waals surface area contributed by atoms with Crippen LogP contribution >= 0.6 is 0 Å². The van der Waals surface area contributed by atoms with Crippen molar-refractivity contribution in [1.82, 2.24) is 15.2 Å². The van der Waals surface area contributed by atoms with Crippen LogP contribution in [0.15, 0.2) is 42.6 Å². The zero-order valence-corrected chi connectivity index (χ0v) is 14.9. The van der Waals surface area contributed by atoms with Crippen LogP contribution < -0.4 is 14.8 Å². The van der Waals surface area contributed by atoms with Crippen molar-refractivity contribution >= 4 is 11.8 Å². The quantitative estimate of drug-likeness (QED) is 0.840. The summed E-state index contributed by atoms with van der Waals surface area (Å²) in [6.45, 7) is 1.09. The number of likely N-dealkylation sites (tertiary alicyclic amines) is 1. The van der Waals surface area contributed by atoms with Crippen molar-refractivity contribution in [2.24, 2.45) is 0 Å². The molecule has 2 amide bonds. The molecule has 3 heterocycles. The summed E-state index contributed by atoms with van der Waals surface area (Å²) in [6, 6.07) is 10.9. The van der Waals surface area contributed by atoms with E-state index in [0.29, 0.717) is 43.9 Å². The van der Waals surface area contributed by atoms with Crippen molar-refractivity contribution < 1.29 is 19.1 Å². The normalized spacial score (nSPS) is 18.0. The second-order valence-electron chi connectivity index (χ2n) is 6.63. The molecule has 7 nitrogen and oxygen atoms in total. The first-order valence-electron chi connectivity index (χ1n) is 9.06. The number of hydrogen-bond acceptors (Lipinski definition) is 5. The van der Waals surface area contributed by atoms with Crippen LogP contribution in [0, 0.1) is 0 Å². The third-order valence-electron chi connectivity index (χ3n) is 4.83. The van der Waals surface area contributed by atoms with Crippen LogP contribution in [-0.2, 0) is 22.6 Å². The van der Waals surface area contributed by atoms with Gasteiger partial charge in [-0.3, -0.25) is 14.6 Å². The third-order valence-corrected chi connectivity index (χ3v) is 4.83.